The van der Waals surface area contributed by atoms with Crippen molar-refractivity contribution in [3.8, 4) is 11.3 Å². The zero-order valence-electron chi connectivity index (χ0n) is 17.3. The van der Waals surface area contributed by atoms with Gasteiger partial charge in [-0.3, -0.25) is 9.48 Å². The number of ether oxygens (including phenoxy) is 1. The van der Waals surface area contributed by atoms with Crippen molar-refractivity contribution in [3.63, 3.8) is 0 Å². The molecule has 0 saturated carbocycles. The van der Waals surface area contributed by atoms with Gasteiger partial charge in [0.05, 0.1) is 12.2 Å². The van der Waals surface area contributed by atoms with E-state index in [1.165, 1.54) is 5.56 Å². The number of rotatable bonds is 8. The van der Waals surface area contributed by atoms with Crippen molar-refractivity contribution < 1.29 is 13.9 Å². The maximum Gasteiger partial charge on any atom is 0.287 e. The van der Waals surface area contributed by atoms with Gasteiger partial charge in [-0.25, -0.2) is 0 Å². The molecule has 0 atom stereocenters. The molecule has 0 fully saturated rings. The molecule has 0 radical (unpaired) electrons. The van der Waals surface area contributed by atoms with E-state index in [1.807, 2.05) is 42.8 Å². The Morgan fingerprint density at radius 3 is 3.03 bits per heavy atom. The van der Waals surface area contributed by atoms with Crippen LogP contribution in [0.3, 0.4) is 0 Å². The van der Waals surface area contributed by atoms with Crippen molar-refractivity contribution in [3.05, 3.63) is 63.7 Å². The highest BCUT2D eigenvalue weighted by molar-refractivity contribution is 6.30. The van der Waals surface area contributed by atoms with Gasteiger partial charge >= 0.3 is 0 Å². The number of aromatic nitrogens is 2. The van der Waals surface area contributed by atoms with E-state index in [9.17, 15) is 4.79 Å². The molecule has 0 spiro atoms. The highest BCUT2D eigenvalue weighted by atomic mass is 35.5. The van der Waals surface area contributed by atoms with Gasteiger partial charge in [0.15, 0.2) is 5.76 Å². The SMILES string of the molecule is CCOCCCNC(=O)c1oc2c(c1C)-c1nn(Cc3cccc(Cl)c3)cc1CC2. The van der Waals surface area contributed by atoms with Gasteiger partial charge < -0.3 is 14.5 Å². The number of hydrogen-bond donors (Lipinski definition) is 1. The summed E-state index contributed by atoms with van der Waals surface area (Å²) in [4.78, 5) is 12.6. The largest absolute Gasteiger partial charge is 0.455 e. The van der Waals surface area contributed by atoms with E-state index in [4.69, 9.17) is 25.9 Å². The van der Waals surface area contributed by atoms with Gasteiger partial charge in [-0.15, -0.1) is 0 Å². The van der Waals surface area contributed by atoms with Crippen LogP contribution in [0, 0.1) is 6.92 Å². The first-order valence-electron chi connectivity index (χ1n) is 10.4. The summed E-state index contributed by atoms with van der Waals surface area (Å²) < 4.78 is 13.2. The summed E-state index contributed by atoms with van der Waals surface area (Å²) >= 11 is 6.11. The van der Waals surface area contributed by atoms with Crippen molar-refractivity contribution in [1.29, 1.82) is 0 Å². The molecule has 0 unspecified atom stereocenters. The molecule has 2 heterocycles. The number of benzene rings is 1. The molecular weight excluding hydrogens is 402 g/mol. The lowest BCUT2D eigenvalue weighted by Crippen LogP contribution is -2.25. The zero-order chi connectivity index (χ0) is 21.1. The Morgan fingerprint density at radius 1 is 1.37 bits per heavy atom. The van der Waals surface area contributed by atoms with Crippen molar-refractivity contribution in [1.82, 2.24) is 15.1 Å². The molecule has 158 valence electrons. The fourth-order valence-electron chi connectivity index (χ4n) is 3.88. The van der Waals surface area contributed by atoms with Gasteiger partial charge in [0.1, 0.15) is 5.76 Å². The Labute approximate surface area is 181 Å². The third-order valence-corrected chi connectivity index (χ3v) is 5.55. The predicted molar refractivity (Wildman–Crippen MR) is 116 cm³/mol. The second-order valence-electron chi connectivity index (χ2n) is 7.49. The molecule has 1 aromatic carbocycles. The topological polar surface area (TPSA) is 69.3 Å². The van der Waals surface area contributed by atoms with Crippen LogP contribution in [0.25, 0.3) is 11.3 Å². The summed E-state index contributed by atoms with van der Waals surface area (Å²) in [5.41, 5.74) is 4.99. The molecule has 0 aliphatic heterocycles. The molecule has 1 aliphatic carbocycles. The molecule has 30 heavy (non-hydrogen) atoms. The highest BCUT2D eigenvalue weighted by Crippen LogP contribution is 2.38. The van der Waals surface area contributed by atoms with Crippen LogP contribution >= 0.6 is 11.6 Å². The summed E-state index contributed by atoms with van der Waals surface area (Å²) in [6.07, 6.45) is 4.47. The Hall–Kier alpha value is -2.57. The van der Waals surface area contributed by atoms with E-state index < -0.39 is 0 Å². The molecule has 6 nitrogen and oxygen atoms in total. The van der Waals surface area contributed by atoms with Crippen molar-refractivity contribution in [2.24, 2.45) is 0 Å². The smallest absolute Gasteiger partial charge is 0.287 e. The van der Waals surface area contributed by atoms with Crippen LogP contribution in [0.4, 0.5) is 0 Å². The average molecular weight is 428 g/mol. The van der Waals surface area contributed by atoms with Gasteiger partial charge in [0.2, 0.25) is 0 Å². The van der Waals surface area contributed by atoms with Crippen LogP contribution in [0.15, 0.2) is 34.9 Å². The van der Waals surface area contributed by atoms with Crippen molar-refractivity contribution in [2.75, 3.05) is 19.8 Å². The number of nitrogens with one attached hydrogen (secondary N) is 1. The molecule has 3 aromatic rings. The number of carbonyl (C=O) groups excluding carboxylic acids is 1. The number of fused-ring (bicyclic) bond motifs is 3. The Bertz CT molecular complexity index is 1050. The molecule has 4 rings (SSSR count). The fraction of sp³-hybridized carbons (Fsp3) is 0.391. The number of halogens is 1. The van der Waals surface area contributed by atoms with Gasteiger partial charge in [0, 0.05) is 48.5 Å². The van der Waals surface area contributed by atoms with Gasteiger partial charge in [-0.05, 0) is 49.9 Å². The number of carbonyl (C=O) groups is 1. The lowest BCUT2D eigenvalue weighted by atomic mass is 9.93. The summed E-state index contributed by atoms with van der Waals surface area (Å²) in [7, 11) is 0. The van der Waals surface area contributed by atoms with E-state index in [2.05, 4.69) is 11.5 Å². The first-order chi connectivity index (χ1) is 14.6. The summed E-state index contributed by atoms with van der Waals surface area (Å²) in [5, 5.41) is 8.45. The quantitative estimate of drug-likeness (QED) is 0.540. The number of hydrogen-bond acceptors (Lipinski definition) is 4. The predicted octanol–water partition coefficient (Wildman–Crippen LogP) is 4.41. The molecule has 1 aliphatic rings. The number of amides is 1. The van der Waals surface area contributed by atoms with Crippen LogP contribution in [-0.2, 0) is 24.1 Å². The maximum atomic E-state index is 12.6. The van der Waals surface area contributed by atoms with E-state index in [0.29, 0.717) is 37.1 Å². The zero-order valence-corrected chi connectivity index (χ0v) is 18.1. The van der Waals surface area contributed by atoms with Crippen molar-refractivity contribution in [2.45, 2.75) is 39.7 Å². The third kappa shape index (κ3) is 4.30. The molecule has 2 aromatic heterocycles. The second-order valence-corrected chi connectivity index (χ2v) is 7.93. The van der Waals surface area contributed by atoms with Crippen LogP contribution in [0.5, 0.6) is 0 Å². The standard InChI is InChI=1S/C23H26ClN3O3/c1-3-29-11-5-10-25-23(28)22-15(2)20-19(30-22)9-8-17-14-27(26-21(17)20)13-16-6-4-7-18(24)12-16/h4,6-7,12,14H,3,5,8-11,13H2,1-2H3,(H,25,28). The molecule has 1 amide bonds. The summed E-state index contributed by atoms with van der Waals surface area (Å²) in [5.74, 6) is 1.04. The third-order valence-electron chi connectivity index (χ3n) is 5.31. The molecule has 1 N–H and O–H groups in total. The lowest BCUT2D eigenvalue weighted by molar-refractivity contribution is 0.0914. The van der Waals surface area contributed by atoms with Gasteiger partial charge in [-0.1, -0.05) is 23.7 Å². The van der Waals surface area contributed by atoms with Crippen molar-refractivity contribution >= 4 is 17.5 Å². The Kier molecular flexibility index (Phi) is 6.25. The summed E-state index contributed by atoms with van der Waals surface area (Å²) in [6, 6.07) is 7.79. The monoisotopic (exact) mass is 427 g/mol. The van der Waals surface area contributed by atoms with Crippen LogP contribution in [0.2, 0.25) is 5.02 Å². The number of nitrogens with zero attached hydrogens (tertiary/aromatic N) is 2. The molecular formula is C23H26ClN3O3. The minimum absolute atomic E-state index is 0.182. The first-order valence-corrected chi connectivity index (χ1v) is 10.7. The van der Waals surface area contributed by atoms with Crippen LogP contribution in [-0.4, -0.2) is 35.4 Å². The second kappa shape index (κ2) is 9.06. The van der Waals surface area contributed by atoms with E-state index in [-0.39, 0.29) is 5.91 Å². The Morgan fingerprint density at radius 2 is 2.23 bits per heavy atom. The van der Waals surface area contributed by atoms with Gasteiger partial charge in [-0.2, -0.15) is 5.10 Å². The first kappa shape index (κ1) is 20.7. The Balaban J connectivity index is 1.52. The normalized spacial score (nSPS) is 12.5. The van der Waals surface area contributed by atoms with E-state index >= 15 is 0 Å². The minimum atomic E-state index is -0.182. The van der Waals surface area contributed by atoms with Crippen LogP contribution in [0.1, 0.15) is 46.3 Å². The average Bonchev–Trinajstić information content (AvgIpc) is 3.28. The molecule has 7 heteroatoms. The molecule has 0 saturated heterocycles. The van der Waals surface area contributed by atoms with Gasteiger partial charge in [0.25, 0.3) is 5.91 Å². The van der Waals surface area contributed by atoms with Crippen LogP contribution < -0.4 is 5.32 Å². The fourth-order valence-corrected chi connectivity index (χ4v) is 4.10. The highest BCUT2D eigenvalue weighted by Gasteiger charge is 2.29. The maximum absolute atomic E-state index is 12.6. The van der Waals surface area contributed by atoms with E-state index in [1.54, 1.807) is 0 Å². The summed E-state index contributed by atoms with van der Waals surface area (Å²) in [6.45, 7) is 6.42. The lowest BCUT2D eigenvalue weighted by Gasteiger charge is -2.09. The number of furan rings is 1. The number of aryl methyl sites for hydroxylation is 2. The van der Waals surface area contributed by atoms with E-state index in [0.717, 1.165) is 47.4 Å². The molecule has 0 bridgehead atoms. The minimum Gasteiger partial charge on any atom is -0.455 e.